The summed E-state index contributed by atoms with van der Waals surface area (Å²) >= 11 is 12.6. The fourth-order valence-corrected chi connectivity index (χ4v) is 4.48. The van der Waals surface area contributed by atoms with Crippen LogP contribution in [0.1, 0.15) is 42.5 Å². The number of carbonyl (C=O) groups is 2. The van der Waals surface area contributed by atoms with Gasteiger partial charge in [0.2, 0.25) is 5.91 Å². The molecule has 2 unspecified atom stereocenters. The largest absolute Gasteiger partial charge is 0.483 e. The number of rotatable bonds is 11. The van der Waals surface area contributed by atoms with Gasteiger partial charge < -0.3 is 15.0 Å². The average molecular weight is 542 g/mol. The molecule has 0 aliphatic rings. The van der Waals surface area contributed by atoms with E-state index in [0.29, 0.717) is 27.8 Å². The fraction of sp³-hybridized carbons (Fsp3) is 0.333. The van der Waals surface area contributed by atoms with E-state index < -0.39 is 6.04 Å². The summed E-state index contributed by atoms with van der Waals surface area (Å²) in [6, 6.07) is 19.8. The van der Waals surface area contributed by atoms with Crippen LogP contribution in [-0.4, -0.2) is 35.4 Å². The van der Waals surface area contributed by atoms with Crippen LogP contribution in [-0.2, 0) is 22.6 Å². The lowest BCUT2D eigenvalue weighted by Crippen LogP contribution is -2.53. The first-order chi connectivity index (χ1) is 17.7. The number of nitrogens with one attached hydrogen (secondary N) is 1. The van der Waals surface area contributed by atoms with Crippen molar-refractivity contribution in [1.29, 1.82) is 0 Å². The SMILES string of the molecule is CCC(C)NC(=O)C(Cc1ccccc1)N(Cc1ccc(Cl)cc1Cl)C(=O)COc1ccc(C)cc1C. The summed E-state index contributed by atoms with van der Waals surface area (Å²) in [5.41, 5.74) is 3.69. The highest BCUT2D eigenvalue weighted by Gasteiger charge is 2.31. The number of amides is 2. The highest BCUT2D eigenvalue weighted by atomic mass is 35.5. The van der Waals surface area contributed by atoms with Crippen LogP contribution in [0.25, 0.3) is 0 Å². The predicted molar refractivity (Wildman–Crippen MR) is 150 cm³/mol. The first kappa shape index (κ1) is 28.5. The van der Waals surface area contributed by atoms with E-state index in [4.69, 9.17) is 27.9 Å². The molecule has 0 aliphatic carbocycles. The van der Waals surface area contributed by atoms with Gasteiger partial charge in [-0.05, 0) is 62.1 Å². The van der Waals surface area contributed by atoms with E-state index in [-0.39, 0.29) is 31.0 Å². The molecule has 7 heteroatoms. The third-order valence-corrected chi connectivity index (χ3v) is 6.90. The molecule has 0 aliphatic heterocycles. The lowest BCUT2D eigenvalue weighted by atomic mass is 10.0. The van der Waals surface area contributed by atoms with Crippen LogP contribution < -0.4 is 10.1 Å². The quantitative estimate of drug-likeness (QED) is 0.300. The minimum atomic E-state index is -0.765. The smallest absolute Gasteiger partial charge is 0.261 e. The summed E-state index contributed by atoms with van der Waals surface area (Å²) in [5, 5.41) is 3.99. The molecule has 3 rings (SSSR count). The maximum atomic E-state index is 13.7. The van der Waals surface area contributed by atoms with Gasteiger partial charge in [-0.1, -0.05) is 84.2 Å². The lowest BCUT2D eigenvalue weighted by Gasteiger charge is -2.32. The summed E-state index contributed by atoms with van der Waals surface area (Å²) < 4.78 is 5.93. The number of halogens is 2. The molecule has 2 atom stereocenters. The molecule has 0 aromatic heterocycles. The Hall–Kier alpha value is -3.02. The third kappa shape index (κ3) is 8.24. The molecule has 0 heterocycles. The Morgan fingerprint density at radius 2 is 1.73 bits per heavy atom. The van der Waals surface area contributed by atoms with E-state index in [1.54, 1.807) is 23.1 Å². The number of benzene rings is 3. The van der Waals surface area contributed by atoms with Gasteiger partial charge in [0.15, 0.2) is 6.61 Å². The Kier molecular flexibility index (Phi) is 10.4. The molecule has 0 saturated carbocycles. The van der Waals surface area contributed by atoms with Crippen molar-refractivity contribution in [3.05, 3.63) is 99.0 Å². The van der Waals surface area contributed by atoms with Crippen molar-refractivity contribution in [3.63, 3.8) is 0 Å². The van der Waals surface area contributed by atoms with Crippen LogP contribution in [0.2, 0.25) is 10.0 Å². The fourth-order valence-electron chi connectivity index (χ4n) is 4.01. The summed E-state index contributed by atoms with van der Waals surface area (Å²) in [4.78, 5) is 28.8. The van der Waals surface area contributed by atoms with Crippen LogP contribution in [0.15, 0.2) is 66.7 Å². The van der Waals surface area contributed by atoms with Gasteiger partial charge in [0.25, 0.3) is 5.91 Å². The van der Waals surface area contributed by atoms with E-state index in [1.807, 2.05) is 76.2 Å². The molecule has 0 spiro atoms. The molecule has 0 radical (unpaired) electrons. The number of ether oxygens (including phenoxy) is 1. The third-order valence-electron chi connectivity index (χ3n) is 6.31. The Bertz CT molecular complexity index is 1220. The van der Waals surface area contributed by atoms with Crippen molar-refractivity contribution >= 4 is 35.0 Å². The molecule has 37 heavy (non-hydrogen) atoms. The van der Waals surface area contributed by atoms with Crippen LogP contribution in [0.3, 0.4) is 0 Å². The highest BCUT2D eigenvalue weighted by molar-refractivity contribution is 6.35. The van der Waals surface area contributed by atoms with Crippen molar-refractivity contribution in [2.24, 2.45) is 0 Å². The Morgan fingerprint density at radius 3 is 2.38 bits per heavy atom. The zero-order valence-corrected chi connectivity index (χ0v) is 23.3. The minimum absolute atomic E-state index is 0.0340. The topological polar surface area (TPSA) is 58.6 Å². The number of hydrogen-bond donors (Lipinski definition) is 1. The van der Waals surface area contributed by atoms with Crippen molar-refractivity contribution in [1.82, 2.24) is 10.2 Å². The van der Waals surface area contributed by atoms with E-state index >= 15 is 0 Å². The molecule has 3 aromatic rings. The van der Waals surface area contributed by atoms with Gasteiger partial charge in [-0.2, -0.15) is 0 Å². The van der Waals surface area contributed by atoms with Crippen molar-refractivity contribution in [3.8, 4) is 5.75 Å². The van der Waals surface area contributed by atoms with Crippen LogP contribution in [0.5, 0.6) is 5.75 Å². The van der Waals surface area contributed by atoms with Crippen molar-refractivity contribution < 1.29 is 14.3 Å². The van der Waals surface area contributed by atoms with Gasteiger partial charge in [0.05, 0.1) is 0 Å². The Balaban J connectivity index is 1.95. The second-order valence-electron chi connectivity index (χ2n) is 9.34. The lowest BCUT2D eigenvalue weighted by molar-refractivity contribution is -0.143. The molecular weight excluding hydrogens is 507 g/mol. The molecule has 0 saturated heterocycles. The first-order valence-corrected chi connectivity index (χ1v) is 13.2. The second-order valence-corrected chi connectivity index (χ2v) is 10.2. The molecular formula is C30H34Cl2N2O3. The molecule has 2 amide bonds. The predicted octanol–water partition coefficient (Wildman–Crippen LogP) is 6.54. The standard InChI is InChI=1S/C30H34Cl2N2O3/c1-5-22(4)33-30(36)27(16-23-9-7-6-8-10-23)34(18-24-12-13-25(31)17-26(24)32)29(35)19-37-28-14-11-20(2)15-21(28)3/h6-15,17,22,27H,5,16,18-19H2,1-4H3,(H,33,36). The maximum Gasteiger partial charge on any atom is 0.261 e. The Morgan fingerprint density at radius 1 is 1.00 bits per heavy atom. The summed E-state index contributed by atoms with van der Waals surface area (Å²) in [6.45, 7) is 7.82. The maximum absolute atomic E-state index is 13.7. The van der Waals surface area contributed by atoms with Gasteiger partial charge in [0.1, 0.15) is 11.8 Å². The number of nitrogens with zero attached hydrogens (tertiary/aromatic N) is 1. The number of carbonyl (C=O) groups excluding carboxylic acids is 2. The molecule has 1 N–H and O–H groups in total. The normalized spacial score (nSPS) is 12.5. The van der Waals surface area contributed by atoms with Gasteiger partial charge in [-0.15, -0.1) is 0 Å². The molecule has 196 valence electrons. The monoisotopic (exact) mass is 540 g/mol. The van der Waals surface area contributed by atoms with Crippen LogP contribution in [0, 0.1) is 13.8 Å². The minimum Gasteiger partial charge on any atom is -0.483 e. The van der Waals surface area contributed by atoms with E-state index in [0.717, 1.165) is 23.1 Å². The molecule has 5 nitrogen and oxygen atoms in total. The van der Waals surface area contributed by atoms with Gasteiger partial charge >= 0.3 is 0 Å². The summed E-state index contributed by atoms with van der Waals surface area (Å²) in [6.07, 6.45) is 1.13. The summed E-state index contributed by atoms with van der Waals surface area (Å²) in [5.74, 6) is 0.0986. The number of aryl methyl sites for hydroxylation is 2. The van der Waals surface area contributed by atoms with Crippen LogP contribution in [0.4, 0.5) is 0 Å². The van der Waals surface area contributed by atoms with E-state index in [1.165, 1.54) is 0 Å². The number of hydrogen-bond acceptors (Lipinski definition) is 3. The second kappa shape index (κ2) is 13.5. The average Bonchev–Trinajstić information content (AvgIpc) is 2.87. The molecule has 0 bridgehead atoms. The Labute approximate surface area is 229 Å². The van der Waals surface area contributed by atoms with Gasteiger partial charge in [0, 0.05) is 29.1 Å². The zero-order chi connectivity index (χ0) is 26.9. The first-order valence-electron chi connectivity index (χ1n) is 12.5. The zero-order valence-electron chi connectivity index (χ0n) is 21.8. The van der Waals surface area contributed by atoms with Gasteiger partial charge in [-0.25, -0.2) is 0 Å². The van der Waals surface area contributed by atoms with E-state index in [9.17, 15) is 9.59 Å². The van der Waals surface area contributed by atoms with E-state index in [2.05, 4.69) is 5.32 Å². The summed E-state index contributed by atoms with van der Waals surface area (Å²) in [7, 11) is 0. The molecule has 0 fully saturated rings. The molecule has 3 aromatic carbocycles. The van der Waals surface area contributed by atoms with Crippen molar-refractivity contribution in [2.45, 2.75) is 59.2 Å². The van der Waals surface area contributed by atoms with Gasteiger partial charge in [-0.3, -0.25) is 9.59 Å². The van der Waals surface area contributed by atoms with Crippen LogP contribution >= 0.6 is 23.2 Å². The highest BCUT2D eigenvalue weighted by Crippen LogP contribution is 2.25. The van der Waals surface area contributed by atoms with Crippen molar-refractivity contribution in [2.75, 3.05) is 6.61 Å².